The van der Waals surface area contributed by atoms with Gasteiger partial charge in [0.2, 0.25) is 11.8 Å². The number of rotatable bonds is 4. The van der Waals surface area contributed by atoms with Crippen molar-refractivity contribution in [1.82, 2.24) is 10.2 Å². The van der Waals surface area contributed by atoms with Crippen molar-refractivity contribution in [3.05, 3.63) is 65.7 Å². The number of primary amides is 1. The number of nitrogens with one attached hydrogen (secondary N) is 1. The van der Waals surface area contributed by atoms with Crippen LogP contribution in [0, 0.1) is 5.92 Å². The Bertz CT molecular complexity index is 1110. The van der Waals surface area contributed by atoms with Crippen molar-refractivity contribution >= 4 is 27.7 Å². The van der Waals surface area contributed by atoms with Gasteiger partial charge >= 0.3 is 0 Å². The van der Waals surface area contributed by atoms with Gasteiger partial charge in [-0.15, -0.1) is 4.40 Å². The number of benzene rings is 2. The maximum atomic E-state index is 12.8. The summed E-state index contributed by atoms with van der Waals surface area (Å²) < 4.78 is 28.5. The highest BCUT2D eigenvalue weighted by molar-refractivity contribution is 7.90. The Labute approximate surface area is 174 Å². The maximum absolute atomic E-state index is 12.8. The zero-order valence-corrected chi connectivity index (χ0v) is 17.0. The van der Waals surface area contributed by atoms with Gasteiger partial charge in [-0.25, -0.2) is 0 Å². The smallest absolute Gasteiger partial charge is 0.285 e. The minimum atomic E-state index is -3.67. The van der Waals surface area contributed by atoms with Gasteiger partial charge in [0.1, 0.15) is 10.9 Å². The van der Waals surface area contributed by atoms with Crippen molar-refractivity contribution in [2.45, 2.75) is 23.8 Å². The van der Waals surface area contributed by atoms with Crippen LogP contribution < -0.4 is 11.1 Å². The molecule has 1 atom stereocenters. The average molecular weight is 426 g/mol. The summed E-state index contributed by atoms with van der Waals surface area (Å²) in [6.45, 7) is 0.987. The molecule has 8 nitrogen and oxygen atoms in total. The molecule has 4 rings (SSSR count). The summed E-state index contributed by atoms with van der Waals surface area (Å²) >= 11 is 0. The number of nitrogens with two attached hydrogens (primary N) is 1. The minimum Gasteiger partial charge on any atom is -0.368 e. The molecule has 1 unspecified atom stereocenters. The van der Waals surface area contributed by atoms with Crippen LogP contribution in [0.15, 0.2) is 63.9 Å². The zero-order valence-electron chi connectivity index (χ0n) is 16.2. The minimum absolute atomic E-state index is 0.215. The second-order valence-electron chi connectivity index (χ2n) is 7.40. The molecule has 2 amide bonds. The molecule has 9 heteroatoms. The fraction of sp³-hybridized carbons (Fsp3) is 0.286. The van der Waals surface area contributed by atoms with E-state index in [1.807, 2.05) is 11.0 Å². The first-order valence-electron chi connectivity index (χ1n) is 9.71. The Morgan fingerprint density at radius 2 is 1.67 bits per heavy atom. The normalized spacial score (nSPS) is 18.9. The van der Waals surface area contributed by atoms with Crippen LogP contribution >= 0.6 is 0 Å². The van der Waals surface area contributed by atoms with Crippen molar-refractivity contribution in [2.75, 3.05) is 13.1 Å². The number of carbonyl (C=O) groups is 2. The molecule has 2 aromatic rings. The van der Waals surface area contributed by atoms with Crippen LogP contribution in [0.4, 0.5) is 0 Å². The van der Waals surface area contributed by atoms with Crippen molar-refractivity contribution in [3.8, 4) is 0 Å². The number of sulfonamides is 1. The fourth-order valence-corrected chi connectivity index (χ4v) is 5.12. The van der Waals surface area contributed by atoms with Gasteiger partial charge in [0.15, 0.2) is 5.84 Å². The lowest BCUT2D eigenvalue weighted by Crippen LogP contribution is -2.45. The second kappa shape index (κ2) is 7.91. The molecular weight excluding hydrogens is 404 g/mol. The van der Waals surface area contributed by atoms with E-state index in [-0.39, 0.29) is 16.7 Å². The van der Waals surface area contributed by atoms with E-state index in [1.54, 1.807) is 48.5 Å². The molecule has 156 valence electrons. The van der Waals surface area contributed by atoms with Gasteiger partial charge in [0.25, 0.3) is 10.0 Å². The number of fused-ring (bicyclic) bond motifs is 1. The molecule has 30 heavy (non-hydrogen) atoms. The predicted octanol–water partition coefficient (Wildman–Crippen LogP) is 1.19. The van der Waals surface area contributed by atoms with E-state index in [0.29, 0.717) is 42.9 Å². The summed E-state index contributed by atoms with van der Waals surface area (Å²) in [6, 6.07) is 14.7. The molecule has 0 radical (unpaired) electrons. The van der Waals surface area contributed by atoms with Gasteiger partial charge in [0.05, 0.1) is 0 Å². The lowest BCUT2D eigenvalue weighted by Gasteiger charge is -2.33. The first kappa shape index (κ1) is 20.1. The summed E-state index contributed by atoms with van der Waals surface area (Å²) in [7, 11) is -3.67. The van der Waals surface area contributed by atoms with Crippen LogP contribution in [-0.2, 0) is 19.6 Å². The molecule has 2 aromatic carbocycles. The second-order valence-corrected chi connectivity index (χ2v) is 8.97. The lowest BCUT2D eigenvalue weighted by atomic mass is 9.94. The van der Waals surface area contributed by atoms with Gasteiger partial charge in [-0.05, 0) is 30.5 Å². The van der Waals surface area contributed by atoms with Crippen LogP contribution in [0.2, 0.25) is 0 Å². The number of hydrogen-bond acceptors (Lipinski definition) is 5. The fourth-order valence-electron chi connectivity index (χ4n) is 3.89. The van der Waals surface area contributed by atoms with Gasteiger partial charge in [-0.2, -0.15) is 8.42 Å². The molecule has 0 saturated carbocycles. The summed E-state index contributed by atoms with van der Waals surface area (Å²) in [5.74, 6) is -0.706. The standard InChI is InChI=1S/C21H22N4O4S/c22-19(26)18(14-6-2-1-3-7-14)23-21(27)15-10-12-25(13-11-15)20-16-8-4-5-9-17(16)30(28,29)24-20/h1-9,15,18H,10-13H2,(H2,22,26)(H,23,27). The molecule has 0 bridgehead atoms. The molecular formula is C21H22N4O4S. The van der Waals surface area contributed by atoms with E-state index >= 15 is 0 Å². The number of likely N-dealkylation sites (tertiary alicyclic amines) is 1. The highest BCUT2D eigenvalue weighted by atomic mass is 32.2. The topological polar surface area (TPSA) is 122 Å². The number of amidine groups is 1. The lowest BCUT2D eigenvalue weighted by molar-refractivity contribution is -0.130. The van der Waals surface area contributed by atoms with E-state index in [9.17, 15) is 18.0 Å². The molecule has 1 saturated heterocycles. The van der Waals surface area contributed by atoms with Crippen LogP contribution in [0.25, 0.3) is 0 Å². The van der Waals surface area contributed by atoms with E-state index < -0.39 is 22.0 Å². The van der Waals surface area contributed by atoms with Crippen LogP contribution in [0.3, 0.4) is 0 Å². The largest absolute Gasteiger partial charge is 0.368 e. The Kier molecular flexibility index (Phi) is 5.29. The summed E-state index contributed by atoms with van der Waals surface area (Å²) in [4.78, 5) is 26.7. The Hall–Kier alpha value is -3.20. The van der Waals surface area contributed by atoms with Gasteiger partial charge in [-0.3, -0.25) is 9.59 Å². The molecule has 2 heterocycles. The monoisotopic (exact) mass is 426 g/mol. The molecule has 0 aliphatic carbocycles. The quantitative estimate of drug-likeness (QED) is 0.760. The van der Waals surface area contributed by atoms with E-state index in [1.165, 1.54) is 0 Å². The van der Waals surface area contributed by atoms with Crippen molar-refractivity contribution in [3.63, 3.8) is 0 Å². The SMILES string of the molecule is NC(=O)C(NC(=O)C1CCN(C2=NS(=O)(=O)c3ccccc32)CC1)c1ccccc1. The predicted molar refractivity (Wildman–Crippen MR) is 111 cm³/mol. The van der Waals surface area contributed by atoms with Crippen molar-refractivity contribution < 1.29 is 18.0 Å². The number of piperidine rings is 1. The first-order chi connectivity index (χ1) is 14.4. The summed E-state index contributed by atoms with van der Waals surface area (Å²) in [5, 5.41) is 2.76. The molecule has 2 aliphatic heterocycles. The third-order valence-corrected chi connectivity index (χ3v) is 6.81. The Morgan fingerprint density at radius 1 is 1.03 bits per heavy atom. The highest BCUT2D eigenvalue weighted by Crippen LogP contribution is 2.30. The first-order valence-corrected chi connectivity index (χ1v) is 11.1. The molecule has 0 spiro atoms. The maximum Gasteiger partial charge on any atom is 0.285 e. The molecule has 1 fully saturated rings. The Balaban J connectivity index is 1.43. The number of amides is 2. The van der Waals surface area contributed by atoms with E-state index in [2.05, 4.69) is 9.71 Å². The van der Waals surface area contributed by atoms with Crippen molar-refractivity contribution in [2.24, 2.45) is 16.0 Å². The number of nitrogens with zero attached hydrogens (tertiary/aromatic N) is 2. The third-order valence-electron chi connectivity index (χ3n) is 5.48. The third kappa shape index (κ3) is 3.80. The van der Waals surface area contributed by atoms with Crippen LogP contribution in [-0.4, -0.2) is 44.1 Å². The molecule has 0 aromatic heterocycles. The van der Waals surface area contributed by atoms with E-state index in [0.717, 1.165) is 0 Å². The summed E-state index contributed by atoms with van der Waals surface area (Å²) in [5.41, 5.74) is 6.72. The molecule has 2 aliphatic rings. The zero-order chi connectivity index (χ0) is 21.3. The summed E-state index contributed by atoms with van der Waals surface area (Å²) in [6.07, 6.45) is 1.04. The highest BCUT2D eigenvalue weighted by Gasteiger charge is 2.35. The van der Waals surface area contributed by atoms with Crippen LogP contribution in [0.1, 0.15) is 30.0 Å². The molecule has 3 N–H and O–H groups in total. The van der Waals surface area contributed by atoms with Crippen LogP contribution in [0.5, 0.6) is 0 Å². The van der Waals surface area contributed by atoms with Gasteiger partial charge in [-0.1, -0.05) is 42.5 Å². The number of carbonyl (C=O) groups excluding carboxylic acids is 2. The van der Waals surface area contributed by atoms with Crippen molar-refractivity contribution in [1.29, 1.82) is 0 Å². The van der Waals surface area contributed by atoms with Gasteiger partial charge < -0.3 is 16.0 Å². The average Bonchev–Trinajstić information content (AvgIpc) is 3.03. The van der Waals surface area contributed by atoms with Gasteiger partial charge in [0, 0.05) is 24.6 Å². The number of hydrogen-bond donors (Lipinski definition) is 2. The van der Waals surface area contributed by atoms with E-state index in [4.69, 9.17) is 5.73 Å². The Morgan fingerprint density at radius 3 is 2.33 bits per heavy atom.